The predicted octanol–water partition coefficient (Wildman–Crippen LogP) is 2.55. The van der Waals surface area contributed by atoms with Crippen molar-refractivity contribution in [2.45, 2.75) is 6.18 Å². The molecule has 0 heterocycles. The fraction of sp³-hybridized carbons (Fsp3) is 0.222. The number of carboxylic acids is 1. The number of aromatic carboxylic acids is 1. The lowest BCUT2D eigenvalue weighted by atomic mass is 10.1. The van der Waals surface area contributed by atoms with Gasteiger partial charge in [-0.15, -0.1) is 0 Å². The molecule has 0 aliphatic rings. The van der Waals surface area contributed by atoms with Crippen molar-refractivity contribution in [2.75, 3.05) is 7.11 Å². The van der Waals surface area contributed by atoms with E-state index in [0.29, 0.717) is 12.1 Å². The van der Waals surface area contributed by atoms with Gasteiger partial charge in [-0.1, -0.05) is 0 Å². The van der Waals surface area contributed by atoms with Gasteiger partial charge in [-0.3, -0.25) is 0 Å². The number of hydrogen-bond acceptors (Lipinski definition) is 2. The summed E-state index contributed by atoms with van der Waals surface area (Å²) < 4.78 is 54.6. The monoisotopic (exact) mass is 238 g/mol. The summed E-state index contributed by atoms with van der Waals surface area (Å²) in [4.78, 5) is 10.5. The molecule has 0 atom stereocenters. The number of carboxylic acid groups (broad SMARTS) is 1. The molecule has 1 N–H and O–H groups in total. The van der Waals surface area contributed by atoms with E-state index < -0.39 is 29.1 Å². The van der Waals surface area contributed by atoms with E-state index in [0.717, 1.165) is 7.11 Å². The topological polar surface area (TPSA) is 46.5 Å². The Morgan fingerprint density at radius 1 is 1.38 bits per heavy atom. The van der Waals surface area contributed by atoms with Gasteiger partial charge in [0.05, 0.1) is 18.2 Å². The smallest absolute Gasteiger partial charge is 0.419 e. The molecule has 0 amide bonds. The van der Waals surface area contributed by atoms with Crippen LogP contribution in [-0.2, 0) is 6.18 Å². The molecule has 0 saturated carbocycles. The van der Waals surface area contributed by atoms with Gasteiger partial charge in [0.25, 0.3) is 0 Å². The maximum absolute atomic E-state index is 13.2. The van der Waals surface area contributed by atoms with Crippen molar-refractivity contribution in [3.8, 4) is 5.75 Å². The SMILES string of the molecule is COc1cc(C(=O)O)c(F)c(C(F)(F)F)c1. The maximum atomic E-state index is 13.2. The van der Waals surface area contributed by atoms with Crippen LogP contribution in [0.2, 0.25) is 0 Å². The molecule has 0 aliphatic heterocycles. The molecule has 0 fully saturated rings. The zero-order valence-corrected chi connectivity index (χ0v) is 7.93. The average Bonchev–Trinajstić information content (AvgIpc) is 2.15. The van der Waals surface area contributed by atoms with E-state index in [-0.39, 0.29) is 5.75 Å². The van der Waals surface area contributed by atoms with E-state index >= 15 is 0 Å². The number of rotatable bonds is 2. The summed E-state index contributed by atoms with van der Waals surface area (Å²) in [5.74, 6) is -3.98. The Kier molecular flexibility index (Phi) is 3.06. The van der Waals surface area contributed by atoms with Crippen LogP contribution in [0.5, 0.6) is 5.75 Å². The molecule has 0 unspecified atom stereocenters. The Morgan fingerprint density at radius 3 is 2.31 bits per heavy atom. The maximum Gasteiger partial charge on any atom is 0.419 e. The van der Waals surface area contributed by atoms with E-state index in [1.807, 2.05) is 0 Å². The Morgan fingerprint density at radius 2 is 1.94 bits per heavy atom. The first-order valence-electron chi connectivity index (χ1n) is 3.95. The molecule has 0 aromatic heterocycles. The highest BCUT2D eigenvalue weighted by molar-refractivity contribution is 5.88. The van der Waals surface area contributed by atoms with Gasteiger partial charge in [-0.25, -0.2) is 9.18 Å². The summed E-state index contributed by atoms with van der Waals surface area (Å²) in [5, 5.41) is 8.51. The summed E-state index contributed by atoms with van der Waals surface area (Å²) in [5.41, 5.74) is -2.74. The Labute approximate surface area is 87.3 Å². The van der Waals surface area contributed by atoms with Gasteiger partial charge in [0.15, 0.2) is 0 Å². The largest absolute Gasteiger partial charge is 0.497 e. The normalized spacial score (nSPS) is 11.3. The third-order valence-corrected chi connectivity index (χ3v) is 1.82. The summed E-state index contributed by atoms with van der Waals surface area (Å²) in [6, 6.07) is 1.09. The summed E-state index contributed by atoms with van der Waals surface area (Å²) in [6.07, 6.45) is -4.97. The van der Waals surface area contributed by atoms with Crippen molar-refractivity contribution in [2.24, 2.45) is 0 Å². The Hall–Kier alpha value is -1.79. The third kappa shape index (κ3) is 2.23. The molecule has 1 aromatic carbocycles. The molecule has 0 spiro atoms. The van der Waals surface area contributed by atoms with Gasteiger partial charge < -0.3 is 9.84 Å². The minimum Gasteiger partial charge on any atom is -0.497 e. The number of hydrogen-bond donors (Lipinski definition) is 1. The minimum absolute atomic E-state index is 0.369. The van der Waals surface area contributed by atoms with Gasteiger partial charge in [-0.2, -0.15) is 13.2 Å². The molecular formula is C9H6F4O3. The van der Waals surface area contributed by atoms with Crippen molar-refractivity contribution >= 4 is 5.97 Å². The zero-order chi connectivity index (χ0) is 12.5. The van der Waals surface area contributed by atoms with Crippen LogP contribution in [0.3, 0.4) is 0 Å². The van der Waals surface area contributed by atoms with Gasteiger partial charge >= 0.3 is 12.1 Å². The quantitative estimate of drug-likeness (QED) is 0.805. The van der Waals surface area contributed by atoms with Crippen LogP contribution in [-0.4, -0.2) is 18.2 Å². The summed E-state index contributed by atoms with van der Waals surface area (Å²) in [7, 11) is 1.05. The second kappa shape index (κ2) is 3.99. The highest BCUT2D eigenvalue weighted by Crippen LogP contribution is 2.35. The standard InChI is InChI=1S/C9H6F4O3/c1-16-4-2-5(8(14)15)7(10)6(3-4)9(11,12)13/h2-3H,1H3,(H,14,15). The molecule has 0 radical (unpaired) electrons. The van der Waals surface area contributed by atoms with E-state index in [4.69, 9.17) is 5.11 Å². The molecule has 3 nitrogen and oxygen atoms in total. The van der Waals surface area contributed by atoms with E-state index in [1.54, 1.807) is 0 Å². The van der Waals surface area contributed by atoms with Crippen molar-refractivity contribution in [3.63, 3.8) is 0 Å². The molecule has 0 aliphatic carbocycles. The summed E-state index contributed by atoms with van der Waals surface area (Å²) in [6.45, 7) is 0. The van der Waals surface area contributed by atoms with Crippen molar-refractivity contribution in [3.05, 3.63) is 29.1 Å². The number of halogens is 4. The van der Waals surface area contributed by atoms with Crippen LogP contribution in [0.25, 0.3) is 0 Å². The lowest BCUT2D eigenvalue weighted by Crippen LogP contribution is -2.13. The van der Waals surface area contributed by atoms with Crippen molar-refractivity contribution in [1.82, 2.24) is 0 Å². The van der Waals surface area contributed by atoms with E-state index in [1.165, 1.54) is 0 Å². The summed E-state index contributed by atoms with van der Waals surface area (Å²) >= 11 is 0. The molecule has 1 aromatic rings. The van der Waals surface area contributed by atoms with Crippen molar-refractivity contribution < 1.29 is 32.2 Å². The van der Waals surface area contributed by atoms with Crippen LogP contribution >= 0.6 is 0 Å². The number of carbonyl (C=O) groups is 1. The third-order valence-electron chi connectivity index (χ3n) is 1.82. The first-order chi connectivity index (χ1) is 7.27. The zero-order valence-electron chi connectivity index (χ0n) is 7.93. The fourth-order valence-electron chi connectivity index (χ4n) is 1.08. The molecule has 16 heavy (non-hydrogen) atoms. The van der Waals surface area contributed by atoms with Crippen LogP contribution in [0.15, 0.2) is 12.1 Å². The number of benzene rings is 1. The highest BCUT2D eigenvalue weighted by Gasteiger charge is 2.36. The average molecular weight is 238 g/mol. The van der Waals surface area contributed by atoms with Crippen LogP contribution in [0.1, 0.15) is 15.9 Å². The Balaban J connectivity index is 3.50. The molecule has 88 valence electrons. The van der Waals surface area contributed by atoms with E-state index in [9.17, 15) is 22.4 Å². The number of alkyl halides is 3. The van der Waals surface area contributed by atoms with Crippen LogP contribution in [0, 0.1) is 5.82 Å². The lowest BCUT2D eigenvalue weighted by Gasteiger charge is -2.11. The second-order valence-corrected chi connectivity index (χ2v) is 2.84. The Bertz CT molecular complexity index is 425. The highest BCUT2D eigenvalue weighted by atomic mass is 19.4. The second-order valence-electron chi connectivity index (χ2n) is 2.84. The number of methoxy groups -OCH3 is 1. The van der Waals surface area contributed by atoms with Gasteiger partial charge in [-0.05, 0) is 12.1 Å². The number of ether oxygens (including phenoxy) is 1. The van der Waals surface area contributed by atoms with Crippen molar-refractivity contribution in [1.29, 1.82) is 0 Å². The van der Waals surface area contributed by atoms with Gasteiger partial charge in [0.1, 0.15) is 11.6 Å². The first kappa shape index (κ1) is 12.3. The lowest BCUT2D eigenvalue weighted by molar-refractivity contribution is -0.140. The van der Waals surface area contributed by atoms with Crippen LogP contribution in [0.4, 0.5) is 17.6 Å². The van der Waals surface area contributed by atoms with Crippen LogP contribution < -0.4 is 4.74 Å². The fourth-order valence-corrected chi connectivity index (χ4v) is 1.08. The first-order valence-corrected chi connectivity index (χ1v) is 3.95. The molecule has 1 rings (SSSR count). The molecule has 0 saturated heterocycles. The minimum atomic E-state index is -4.97. The molecule has 7 heteroatoms. The van der Waals surface area contributed by atoms with E-state index in [2.05, 4.69) is 4.74 Å². The van der Waals surface area contributed by atoms with Gasteiger partial charge in [0, 0.05) is 0 Å². The molecule has 0 bridgehead atoms. The molecular weight excluding hydrogens is 232 g/mol. The van der Waals surface area contributed by atoms with Gasteiger partial charge in [0.2, 0.25) is 0 Å². The predicted molar refractivity (Wildman–Crippen MR) is 44.9 cm³/mol.